The third-order valence-corrected chi connectivity index (χ3v) is 3.73. The van der Waals surface area contributed by atoms with Crippen LogP contribution in [0, 0.1) is 12.7 Å². The Morgan fingerprint density at radius 2 is 1.57 bits per heavy atom. The van der Waals surface area contributed by atoms with E-state index in [4.69, 9.17) is 0 Å². The first-order valence-corrected chi connectivity index (χ1v) is 6.69. The number of hydrogen-bond acceptors (Lipinski definition) is 2. The summed E-state index contributed by atoms with van der Waals surface area (Å²) >= 11 is 0. The van der Waals surface area contributed by atoms with Crippen LogP contribution in [0.2, 0.25) is 0 Å². The van der Waals surface area contributed by atoms with E-state index in [1.165, 1.54) is 22.1 Å². The van der Waals surface area contributed by atoms with Gasteiger partial charge in [0.15, 0.2) is 0 Å². The quantitative estimate of drug-likeness (QED) is 0.509. The third kappa shape index (κ3) is 2.33. The van der Waals surface area contributed by atoms with Crippen molar-refractivity contribution in [3.63, 3.8) is 0 Å². The Labute approximate surface area is 138 Å². The van der Waals surface area contributed by atoms with Crippen molar-refractivity contribution in [2.75, 3.05) is 16.8 Å². The van der Waals surface area contributed by atoms with Crippen LogP contribution in [0.5, 0.6) is 0 Å². The van der Waals surface area contributed by atoms with Crippen molar-refractivity contribution >= 4 is 27.8 Å². The number of fused-ring (bicyclic) bond motifs is 2. The van der Waals surface area contributed by atoms with Crippen molar-refractivity contribution in [3.05, 3.63) is 73.4 Å². The Balaban J connectivity index is 0.00000132. The van der Waals surface area contributed by atoms with E-state index in [-0.39, 0.29) is 20.1 Å². The topological polar surface area (TPSA) is 6.48 Å². The first-order chi connectivity index (χ1) is 9.83. The van der Waals surface area contributed by atoms with Crippen LogP contribution < -0.4 is 9.80 Å². The predicted molar refractivity (Wildman–Crippen MR) is 84.1 cm³/mol. The SMILES string of the molecule is CN1[CH-]N(c2[c-]cc3ccccc3c2)c2ccccc21.[Ir]. The van der Waals surface area contributed by atoms with Gasteiger partial charge in [0.05, 0.1) is 0 Å². The van der Waals surface area contributed by atoms with E-state index >= 15 is 0 Å². The summed E-state index contributed by atoms with van der Waals surface area (Å²) in [4.78, 5) is 4.32. The van der Waals surface area contributed by atoms with Crippen molar-refractivity contribution < 1.29 is 20.1 Å². The van der Waals surface area contributed by atoms with Crippen molar-refractivity contribution in [3.8, 4) is 0 Å². The molecule has 0 saturated carbocycles. The van der Waals surface area contributed by atoms with Crippen LogP contribution in [0.15, 0.2) is 60.7 Å². The number of benzene rings is 3. The molecule has 3 aromatic carbocycles. The molecule has 1 heterocycles. The van der Waals surface area contributed by atoms with Crippen LogP contribution in [0.3, 0.4) is 0 Å². The van der Waals surface area contributed by atoms with Gasteiger partial charge in [0.1, 0.15) is 0 Å². The van der Waals surface area contributed by atoms with E-state index < -0.39 is 0 Å². The molecule has 3 heteroatoms. The summed E-state index contributed by atoms with van der Waals surface area (Å²) in [7, 11) is 2.07. The van der Waals surface area contributed by atoms with Gasteiger partial charge in [-0.05, 0) is 19.2 Å². The van der Waals surface area contributed by atoms with Crippen LogP contribution in [0.25, 0.3) is 10.8 Å². The molecule has 1 radical (unpaired) electrons. The Kier molecular flexibility index (Phi) is 3.71. The van der Waals surface area contributed by atoms with Crippen LogP contribution >= 0.6 is 0 Å². The molecule has 107 valence electrons. The van der Waals surface area contributed by atoms with Gasteiger partial charge in [0.2, 0.25) is 0 Å². The van der Waals surface area contributed by atoms with Crippen molar-refractivity contribution in [2.45, 2.75) is 0 Å². The normalized spacial score (nSPS) is 13.2. The minimum atomic E-state index is 0. The summed E-state index contributed by atoms with van der Waals surface area (Å²) in [6, 6.07) is 24.4. The molecular formula is C18H14IrN2-2. The monoisotopic (exact) mass is 451 g/mol. The van der Waals surface area contributed by atoms with E-state index in [1.54, 1.807) is 0 Å². The molecular weight excluding hydrogens is 436 g/mol. The van der Waals surface area contributed by atoms with Gasteiger partial charge in [0.25, 0.3) is 0 Å². The fourth-order valence-electron chi connectivity index (χ4n) is 2.71. The molecule has 0 fully saturated rings. The molecule has 21 heavy (non-hydrogen) atoms. The molecule has 0 aromatic heterocycles. The second-order valence-corrected chi connectivity index (χ2v) is 5.03. The van der Waals surface area contributed by atoms with Gasteiger partial charge in [0, 0.05) is 31.5 Å². The minimum Gasteiger partial charge on any atom is -0.504 e. The van der Waals surface area contributed by atoms with Gasteiger partial charge in [-0.15, -0.1) is 28.6 Å². The van der Waals surface area contributed by atoms with Crippen LogP contribution in [-0.4, -0.2) is 7.05 Å². The van der Waals surface area contributed by atoms with Crippen LogP contribution in [-0.2, 0) is 20.1 Å². The van der Waals surface area contributed by atoms with E-state index in [9.17, 15) is 0 Å². The van der Waals surface area contributed by atoms with Crippen molar-refractivity contribution in [1.82, 2.24) is 0 Å². The zero-order chi connectivity index (χ0) is 13.5. The Morgan fingerprint density at radius 3 is 2.38 bits per heavy atom. The van der Waals surface area contributed by atoms with E-state index in [0.717, 1.165) is 5.69 Å². The number of hydrogen-bond donors (Lipinski definition) is 0. The molecule has 0 unspecified atom stereocenters. The standard InChI is InChI=1S/C18H14N2.Ir/c1-19-13-20(18-9-5-4-8-17(18)19)16-11-10-14-6-2-3-7-15(14)12-16;/h2-10,12-13H,1H3;/q-2;. The summed E-state index contributed by atoms with van der Waals surface area (Å²) in [6.45, 7) is 2.10. The zero-order valence-electron chi connectivity index (χ0n) is 11.6. The smallest absolute Gasteiger partial charge is 0.0326 e. The fourth-order valence-corrected chi connectivity index (χ4v) is 2.71. The number of para-hydroxylation sites is 2. The average molecular weight is 451 g/mol. The Morgan fingerprint density at radius 1 is 0.905 bits per heavy atom. The fraction of sp³-hybridized carbons (Fsp3) is 0.0556. The number of rotatable bonds is 1. The molecule has 1 aliphatic heterocycles. The van der Waals surface area contributed by atoms with Gasteiger partial charge in [-0.1, -0.05) is 30.3 Å². The van der Waals surface area contributed by atoms with Gasteiger partial charge < -0.3 is 9.80 Å². The summed E-state index contributed by atoms with van der Waals surface area (Å²) in [5, 5.41) is 2.46. The molecule has 0 atom stereocenters. The maximum Gasteiger partial charge on any atom is 0.0326 e. The molecule has 0 N–H and O–H groups in total. The second-order valence-electron chi connectivity index (χ2n) is 5.03. The average Bonchev–Trinajstić information content (AvgIpc) is 2.85. The second kappa shape index (κ2) is 5.51. The Bertz CT molecular complexity index is 785. The summed E-state index contributed by atoms with van der Waals surface area (Å²) in [6.07, 6.45) is 0. The molecule has 0 aliphatic carbocycles. The first kappa shape index (κ1) is 14.1. The van der Waals surface area contributed by atoms with Crippen LogP contribution in [0.4, 0.5) is 17.1 Å². The van der Waals surface area contributed by atoms with E-state index in [0.29, 0.717) is 0 Å². The molecule has 3 aromatic rings. The largest absolute Gasteiger partial charge is 0.504 e. The summed E-state index contributed by atoms with van der Waals surface area (Å²) < 4.78 is 0. The van der Waals surface area contributed by atoms with Gasteiger partial charge in [-0.2, -0.15) is 18.8 Å². The zero-order valence-corrected chi connectivity index (χ0v) is 14.0. The molecule has 2 nitrogen and oxygen atoms in total. The molecule has 0 spiro atoms. The van der Waals surface area contributed by atoms with Gasteiger partial charge in [-0.25, -0.2) is 0 Å². The predicted octanol–water partition coefficient (Wildman–Crippen LogP) is 4.34. The molecule has 4 rings (SSSR count). The van der Waals surface area contributed by atoms with E-state index in [2.05, 4.69) is 90.2 Å². The van der Waals surface area contributed by atoms with Crippen molar-refractivity contribution in [1.29, 1.82) is 0 Å². The van der Waals surface area contributed by atoms with Gasteiger partial charge in [-0.3, -0.25) is 0 Å². The van der Waals surface area contributed by atoms with Gasteiger partial charge >= 0.3 is 0 Å². The third-order valence-electron chi connectivity index (χ3n) is 3.73. The molecule has 0 saturated heterocycles. The minimum absolute atomic E-state index is 0. The first-order valence-electron chi connectivity index (χ1n) is 6.69. The maximum atomic E-state index is 3.38. The number of anilines is 3. The molecule has 1 aliphatic rings. The summed E-state index contributed by atoms with van der Waals surface area (Å²) in [5.41, 5.74) is 3.48. The molecule has 0 amide bonds. The molecule has 0 bridgehead atoms. The van der Waals surface area contributed by atoms with E-state index in [1.807, 2.05) is 0 Å². The number of nitrogens with zero attached hydrogens (tertiary/aromatic N) is 2. The maximum absolute atomic E-state index is 3.38. The van der Waals surface area contributed by atoms with Crippen LogP contribution in [0.1, 0.15) is 0 Å². The van der Waals surface area contributed by atoms with Crippen molar-refractivity contribution in [2.24, 2.45) is 0 Å². The Hall–Kier alpha value is -1.83. The summed E-state index contributed by atoms with van der Waals surface area (Å²) in [5.74, 6) is 0.